The molecular formula is C15H14F2N6. The highest BCUT2D eigenvalue weighted by atomic mass is 19.1. The zero-order valence-corrected chi connectivity index (χ0v) is 12.1. The number of fused-ring (bicyclic) bond motifs is 1. The van der Waals surface area contributed by atoms with E-state index in [0.717, 1.165) is 0 Å². The van der Waals surface area contributed by atoms with Crippen LogP contribution in [0.15, 0.2) is 36.9 Å². The van der Waals surface area contributed by atoms with Crippen molar-refractivity contribution in [1.29, 1.82) is 0 Å². The lowest BCUT2D eigenvalue weighted by atomic mass is 10.2. The first kappa shape index (κ1) is 14.0. The van der Waals surface area contributed by atoms with Crippen LogP contribution >= 0.6 is 0 Å². The number of alkyl halides is 1. The molecule has 0 saturated carbocycles. The van der Waals surface area contributed by atoms with Crippen LogP contribution in [0.2, 0.25) is 0 Å². The summed E-state index contributed by atoms with van der Waals surface area (Å²) in [6.45, 7) is 0.866. The summed E-state index contributed by atoms with van der Waals surface area (Å²) in [5.74, 6) is 0.112. The van der Waals surface area contributed by atoms with Crippen LogP contribution in [0.4, 0.5) is 14.6 Å². The number of imidazole rings is 1. The Bertz CT molecular complexity index is 849. The van der Waals surface area contributed by atoms with Crippen LogP contribution < -0.4 is 10.6 Å². The predicted octanol–water partition coefficient (Wildman–Crippen LogP) is 1.65. The number of nitrogens with zero attached hydrogens (tertiary/aromatic N) is 4. The van der Waals surface area contributed by atoms with Crippen LogP contribution in [0.1, 0.15) is 0 Å². The second-order valence-electron chi connectivity index (χ2n) is 5.43. The van der Waals surface area contributed by atoms with Gasteiger partial charge in [0, 0.05) is 19.3 Å². The molecule has 0 radical (unpaired) electrons. The van der Waals surface area contributed by atoms with Crippen LogP contribution in [0.25, 0.3) is 17.0 Å². The Hall–Kier alpha value is -2.61. The highest BCUT2D eigenvalue weighted by molar-refractivity contribution is 5.60. The van der Waals surface area contributed by atoms with E-state index in [4.69, 9.17) is 0 Å². The fraction of sp³-hybridized carbons (Fsp3) is 0.267. The Labute approximate surface area is 130 Å². The first-order valence-corrected chi connectivity index (χ1v) is 7.27. The molecule has 118 valence electrons. The minimum absolute atomic E-state index is 0.331. The van der Waals surface area contributed by atoms with Crippen LogP contribution in [-0.4, -0.2) is 44.7 Å². The second-order valence-corrected chi connectivity index (χ2v) is 5.43. The Morgan fingerprint density at radius 1 is 1.22 bits per heavy atom. The minimum atomic E-state index is -0.967. The maximum atomic E-state index is 13.7. The SMILES string of the molecule is Fc1ccc2ncc(-c3cncc(N[C@H]4CNC[C@@H]4F)n3)n2c1. The van der Waals surface area contributed by atoms with Gasteiger partial charge in [-0.1, -0.05) is 0 Å². The Morgan fingerprint density at radius 3 is 2.96 bits per heavy atom. The van der Waals surface area contributed by atoms with E-state index in [-0.39, 0.29) is 11.9 Å². The zero-order chi connectivity index (χ0) is 15.8. The molecule has 1 fully saturated rings. The van der Waals surface area contributed by atoms with E-state index in [0.29, 0.717) is 35.9 Å². The van der Waals surface area contributed by atoms with E-state index in [1.165, 1.54) is 12.3 Å². The van der Waals surface area contributed by atoms with Gasteiger partial charge < -0.3 is 10.6 Å². The van der Waals surface area contributed by atoms with Gasteiger partial charge in [-0.25, -0.2) is 18.7 Å². The fourth-order valence-corrected chi connectivity index (χ4v) is 2.68. The van der Waals surface area contributed by atoms with Gasteiger partial charge in [0.25, 0.3) is 0 Å². The van der Waals surface area contributed by atoms with Crippen molar-refractivity contribution in [3.8, 4) is 11.4 Å². The minimum Gasteiger partial charge on any atom is -0.362 e. The quantitative estimate of drug-likeness (QED) is 0.769. The summed E-state index contributed by atoms with van der Waals surface area (Å²) in [4.78, 5) is 12.8. The lowest BCUT2D eigenvalue weighted by Gasteiger charge is -2.14. The highest BCUT2D eigenvalue weighted by Crippen LogP contribution is 2.20. The number of pyridine rings is 1. The molecular weight excluding hydrogens is 302 g/mol. The fourth-order valence-electron chi connectivity index (χ4n) is 2.68. The summed E-state index contributed by atoms with van der Waals surface area (Å²) >= 11 is 0. The van der Waals surface area contributed by atoms with Crippen LogP contribution in [0.3, 0.4) is 0 Å². The molecule has 0 spiro atoms. The summed E-state index contributed by atoms with van der Waals surface area (Å²) in [6, 6.07) is 2.61. The van der Waals surface area contributed by atoms with Gasteiger partial charge in [0.2, 0.25) is 0 Å². The van der Waals surface area contributed by atoms with E-state index < -0.39 is 6.17 Å². The molecule has 8 heteroatoms. The van der Waals surface area contributed by atoms with E-state index in [1.54, 1.807) is 29.1 Å². The standard InChI is InChI=1S/C15H14F2N6/c16-9-1-2-15-20-6-13(23(15)8-9)12-5-19-7-14(22-12)21-11-4-18-3-10(11)17/h1-2,5-8,10-11,18H,3-4H2,(H,21,22)/t10-,11-/m0/s1. The highest BCUT2D eigenvalue weighted by Gasteiger charge is 2.26. The van der Waals surface area contributed by atoms with Gasteiger partial charge in [-0.3, -0.25) is 9.38 Å². The molecule has 0 bridgehead atoms. The molecule has 2 N–H and O–H groups in total. The summed E-state index contributed by atoms with van der Waals surface area (Å²) in [7, 11) is 0. The molecule has 6 nitrogen and oxygen atoms in total. The van der Waals surface area contributed by atoms with Crippen molar-refractivity contribution in [2.45, 2.75) is 12.2 Å². The molecule has 4 rings (SSSR count). The van der Waals surface area contributed by atoms with Crippen molar-refractivity contribution in [2.24, 2.45) is 0 Å². The van der Waals surface area contributed by atoms with E-state index >= 15 is 0 Å². The number of anilines is 1. The molecule has 0 aliphatic carbocycles. The van der Waals surface area contributed by atoms with E-state index in [1.807, 2.05) is 0 Å². The molecule has 0 aromatic carbocycles. The van der Waals surface area contributed by atoms with Crippen molar-refractivity contribution >= 4 is 11.5 Å². The number of aromatic nitrogens is 4. The third-order valence-corrected chi connectivity index (χ3v) is 3.84. The van der Waals surface area contributed by atoms with E-state index in [9.17, 15) is 8.78 Å². The topological polar surface area (TPSA) is 67.1 Å². The zero-order valence-electron chi connectivity index (χ0n) is 12.1. The average Bonchev–Trinajstić information content (AvgIpc) is 3.14. The number of hydrogen-bond donors (Lipinski definition) is 2. The normalized spacial score (nSPS) is 21.0. The number of nitrogens with one attached hydrogen (secondary N) is 2. The van der Waals surface area contributed by atoms with E-state index in [2.05, 4.69) is 25.6 Å². The second kappa shape index (κ2) is 5.54. The molecule has 4 heterocycles. The molecule has 1 aliphatic rings. The summed E-state index contributed by atoms with van der Waals surface area (Å²) in [6.07, 6.45) is 5.10. The summed E-state index contributed by atoms with van der Waals surface area (Å²) in [5, 5.41) is 6.01. The maximum Gasteiger partial charge on any atom is 0.145 e. The molecule has 0 unspecified atom stereocenters. The van der Waals surface area contributed by atoms with Gasteiger partial charge in [-0.15, -0.1) is 0 Å². The van der Waals surface area contributed by atoms with Crippen molar-refractivity contribution < 1.29 is 8.78 Å². The molecule has 2 atom stereocenters. The van der Waals surface area contributed by atoms with Crippen molar-refractivity contribution in [3.05, 3.63) is 42.7 Å². The van der Waals surface area contributed by atoms with Gasteiger partial charge in [-0.2, -0.15) is 0 Å². The van der Waals surface area contributed by atoms with Gasteiger partial charge in [0.15, 0.2) is 0 Å². The number of hydrogen-bond acceptors (Lipinski definition) is 5. The van der Waals surface area contributed by atoms with Crippen molar-refractivity contribution in [2.75, 3.05) is 18.4 Å². The Morgan fingerprint density at radius 2 is 2.13 bits per heavy atom. The Balaban J connectivity index is 1.68. The Kier molecular flexibility index (Phi) is 3.38. The predicted molar refractivity (Wildman–Crippen MR) is 81.4 cm³/mol. The molecule has 3 aromatic heterocycles. The average molecular weight is 316 g/mol. The molecule has 1 saturated heterocycles. The van der Waals surface area contributed by atoms with Crippen LogP contribution in [-0.2, 0) is 0 Å². The summed E-state index contributed by atoms with van der Waals surface area (Å²) < 4.78 is 28.7. The van der Waals surface area contributed by atoms with Gasteiger partial charge >= 0.3 is 0 Å². The van der Waals surface area contributed by atoms with Gasteiger partial charge in [0.1, 0.15) is 29.1 Å². The largest absolute Gasteiger partial charge is 0.362 e. The third-order valence-electron chi connectivity index (χ3n) is 3.84. The van der Waals surface area contributed by atoms with Crippen LogP contribution in [0.5, 0.6) is 0 Å². The number of rotatable bonds is 3. The molecule has 1 aliphatic heterocycles. The first-order chi connectivity index (χ1) is 11.2. The summed E-state index contributed by atoms with van der Waals surface area (Å²) in [5.41, 5.74) is 1.77. The third kappa shape index (κ3) is 2.61. The molecule has 0 amide bonds. The first-order valence-electron chi connectivity index (χ1n) is 7.27. The lowest BCUT2D eigenvalue weighted by Crippen LogP contribution is -2.29. The van der Waals surface area contributed by atoms with Crippen molar-refractivity contribution in [1.82, 2.24) is 24.7 Å². The smallest absolute Gasteiger partial charge is 0.145 e. The monoisotopic (exact) mass is 316 g/mol. The molecule has 3 aromatic rings. The molecule has 23 heavy (non-hydrogen) atoms. The van der Waals surface area contributed by atoms with Crippen LogP contribution in [0, 0.1) is 5.82 Å². The van der Waals surface area contributed by atoms with Crippen molar-refractivity contribution in [3.63, 3.8) is 0 Å². The lowest BCUT2D eigenvalue weighted by molar-refractivity contribution is 0.342. The van der Waals surface area contributed by atoms with Gasteiger partial charge in [0.05, 0.1) is 30.3 Å². The maximum absolute atomic E-state index is 13.7. The van der Waals surface area contributed by atoms with Gasteiger partial charge in [-0.05, 0) is 12.1 Å². The number of halogens is 2.